The number of carbonyl (C=O) groups excluding carboxylic acids is 3. The zero-order valence-electron chi connectivity index (χ0n) is 36.5. The Bertz CT molecular complexity index is 2360. The normalized spacial score (nSPS) is 25.3. The first-order valence-corrected chi connectivity index (χ1v) is 22.7. The fourth-order valence-electron chi connectivity index (χ4n) is 10.5. The second-order valence-electron chi connectivity index (χ2n) is 19.3. The number of hydrogen-bond donors (Lipinski definition) is 2. The van der Waals surface area contributed by atoms with Crippen molar-refractivity contribution in [2.75, 3.05) is 56.2 Å². The van der Waals surface area contributed by atoms with Crippen LogP contribution >= 0.6 is 0 Å². The molecule has 15 nitrogen and oxygen atoms in total. The van der Waals surface area contributed by atoms with Crippen LogP contribution in [-0.2, 0) is 20.9 Å². The highest BCUT2D eigenvalue weighted by atomic mass is 16.5. The summed E-state index contributed by atoms with van der Waals surface area (Å²) in [5, 5.41) is 11.2. The zero-order valence-corrected chi connectivity index (χ0v) is 36.5. The first-order valence-electron chi connectivity index (χ1n) is 22.7. The molecule has 62 heavy (non-hydrogen) atoms. The van der Waals surface area contributed by atoms with Crippen LogP contribution in [-0.4, -0.2) is 123 Å². The lowest BCUT2D eigenvalue weighted by Gasteiger charge is -2.49. The highest BCUT2D eigenvalue weighted by Crippen LogP contribution is 2.43. The number of aromatic nitrogens is 4. The van der Waals surface area contributed by atoms with Gasteiger partial charge in [0.2, 0.25) is 11.8 Å². The van der Waals surface area contributed by atoms with Gasteiger partial charge in [0.25, 0.3) is 5.91 Å². The third-order valence-electron chi connectivity index (χ3n) is 14.4. The van der Waals surface area contributed by atoms with Gasteiger partial charge in [-0.1, -0.05) is 0 Å². The number of rotatable bonds is 11. The summed E-state index contributed by atoms with van der Waals surface area (Å²) in [4.78, 5) is 56.1. The van der Waals surface area contributed by atoms with E-state index in [1.807, 2.05) is 24.3 Å². The lowest BCUT2D eigenvalue weighted by molar-refractivity contribution is -0.136. The molecule has 2 aromatic carbocycles. The topological polar surface area (TPSA) is 158 Å². The molecule has 3 amide bonds. The minimum Gasteiger partial charge on any atom is -0.494 e. The highest BCUT2D eigenvalue weighted by Gasteiger charge is 2.42. The van der Waals surface area contributed by atoms with Crippen LogP contribution in [0.1, 0.15) is 101 Å². The first-order chi connectivity index (χ1) is 29.9. The van der Waals surface area contributed by atoms with Gasteiger partial charge in [-0.2, -0.15) is 5.10 Å². The van der Waals surface area contributed by atoms with Crippen molar-refractivity contribution >= 4 is 40.1 Å². The lowest BCUT2D eigenvalue weighted by Crippen LogP contribution is -2.60. The minimum atomic E-state index is -0.654. The second-order valence-corrected chi connectivity index (χ2v) is 19.3. The lowest BCUT2D eigenvalue weighted by atomic mass is 9.85. The number of hydrogen-bond acceptors (Lipinski definition) is 12. The van der Waals surface area contributed by atoms with Gasteiger partial charge in [-0.25, -0.2) is 9.97 Å². The summed E-state index contributed by atoms with van der Waals surface area (Å²) < 4.78 is 19.0. The first kappa shape index (κ1) is 40.8. The molecule has 0 spiro atoms. The molecule has 10 rings (SSSR count). The Labute approximate surface area is 362 Å². The summed E-state index contributed by atoms with van der Waals surface area (Å²) in [5.41, 5.74) is 4.86. The van der Waals surface area contributed by atoms with Gasteiger partial charge in [-0.15, -0.1) is 0 Å². The third kappa shape index (κ3) is 7.97. The Kier molecular flexibility index (Phi) is 10.6. The van der Waals surface area contributed by atoms with Crippen LogP contribution in [0.4, 0.5) is 11.5 Å². The quantitative estimate of drug-likeness (QED) is 0.174. The number of aromatic amines is 1. The third-order valence-corrected chi connectivity index (χ3v) is 14.4. The van der Waals surface area contributed by atoms with Crippen LogP contribution in [0.15, 0.2) is 42.7 Å². The molecular weight excluding hydrogens is 787 g/mol. The molecule has 15 heteroatoms. The van der Waals surface area contributed by atoms with Gasteiger partial charge in [0.15, 0.2) is 0 Å². The number of methoxy groups -OCH3 is 1. The molecule has 1 unspecified atom stereocenters. The van der Waals surface area contributed by atoms with E-state index in [4.69, 9.17) is 19.2 Å². The molecule has 5 fully saturated rings. The molecule has 2 N–H and O–H groups in total. The molecule has 6 aliphatic rings. The summed E-state index contributed by atoms with van der Waals surface area (Å²) in [6.07, 6.45) is 11.3. The highest BCUT2D eigenvalue weighted by molar-refractivity contribution is 6.06. The van der Waals surface area contributed by atoms with Gasteiger partial charge in [0.1, 0.15) is 41.0 Å². The Hall–Kier alpha value is -5.28. The average molecular weight is 846 g/mol. The summed E-state index contributed by atoms with van der Waals surface area (Å²) in [7, 11) is 1.64. The second kappa shape index (κ2) is 16.1. The maximum atomic E-state index is 13.4. The number of benzene rings is 2. The van der Waals surface area contributed by atoms with Gasteiger partial charge < -0.3 is 28.9 Å². The largest absolute Gasteiger partial charge is 0.494 e. The Morgan fingerprint density at radius 2 is 1.65 bits per heavy atom. The van der Waals surface area contributed by atoms with E-state index in [2.05, 4.69) is 68.1 Å². The van der Waals surface area contributed by atoms with E-state index in [1.54, 1.807) is 18.3 Å². The molecule has 2 saturated carbocycles. The number of ether oxygens (including phenoxy) is 3. The van der Waals surface area contributed by atoms with Crippen molar-refractivity contribution < 1.29 is 28.6 Å². The van der Waals surface area contributed by atoms with E-state index in [-0.39, 0.29) is 35.5 Å². The number of carbonyl (C=O) groups is 3. The smallest absolute Gasteiger partial charge is 0.255 e. The molecule has 0 radical (unpaired) electrons. The van der Waals surface area contributed by atoms with Gasteiger partial charge in [-0.05, 0) is 115 Å². The number of H-pyrrole nitrogens is 1. The number of amides is 3. The molecule has 4 aliphatic heterocycles. The number of nitrogens with zero attached hydrogens (tertiary/aromatic N) is 7. The number of fused-ring (bicyclic) bond motifs is 2. The van der Waals surface area contributed by atoms with Crippen molar-refractivity contribution in [1.29, 1.82) is 0 Å². The van der Waals surface area contributed by atoms with E-state index >= 15 is 0 Å². The van der Waals surface area contributed by atoms with E-state index < -0.39 is 11.9 Å². The van der Waals surface area contributed by atoms with Crippen LogP contribution in [0, 0.1) is 5.92 Å². The van der Waals surface area contributed by atoms with Gasteiger partial charge in [0, 0.05) is 73.8 Å². The summed E-state index contributed by atoms with van der Waals surface area (Å²) in [5.74, 6) is 2.25. The number of imide groups is 1. The molecular formula is C47H59N9O6. The fourth-order valence-corrected chi connectivity index (χ4v) is 10.5. The molecule has 3 saturated heterocycles. The van der Waals surface area contributed by atoms with Crippen molar-refractivity contribution in [3.05, 3.63) is 53.9 Å². The summed E-state index contributed by atoms with van der Waals surface area (Å²) >= 11 is 0. The van der Waals surface area contributed by atoms with Gasteiger partial charge >= 0.3 is 0 Å². The monoisotopic (exact) mass is 845 g/mol. The van der Waals surface area contributed by atoms with E-state index in [1.165, 1.54) is 12.8 Å². The summed E-state index contributed by atoms with van der Waals surface area (Å²) in [6.45, 7) is 12.7. The van der Waals surface area contributed by atoms with Crippen molar-refractivity contribution in [2.45, 2.75) is 121 Å². The van der Waals surface area contributed by atoms with Crippen LogP contribution in [0.5, 0.6) is 11.5 Å². The van der Waals surface area contributed by atoms with Crippen LogP contribution < -0.4 is 24.6 Å². The predicted molar refractivity (Wildman–Crippen MR) is 234 cm³/mol. The minimum absolute atomic E-state index is 0.0150. The molecule has 6 heterocycles. The predicted octanol–water partition coefficient (Wildman–Crippen LogP) is 5.87. The number of anilines is 2. The number of piperidine rings is 2. The number of piperazine rings is 1. The maximum absolute atomic E-state index is 13.4. The number of nitrogens with one attached hydrogen (secondary N) is 2. The Morgan fingerprint density at radius 3 is 2.39 bits per heavy atom. The standard InChI is InChI=1S/C47H59N9O6/c1-46(2)27-54(40-24-37(48-28-49-40)42-34-23-32(62-47(3)17-18-47)9-11-36(34)51-52-42)21-22-55(46)25-29-5-7-30(8-6-29)61-31-15-19-53(20-16-31)38-12-10-33-35(43(38)60-4)26-56(45(33)59)39-13-14-41(57)50-44(39)58/h9-12,23-24,28-31,39H,5-8,13-22,25-27H2,1-4H3,(H,51,52)(H,50,57,58)/t29-,30-,39?. The van der Waals surface area contributed by atoms with Crippen LogP contribution in [0.3, 0.4) is 0 Å². The Morgan fingerprint density at radius 1 is 0.855 bits per heavy atom. The zero-order chi connectivity index (χ0) is 42.8. The fraction of sp³-hybridized carbons (Fsp3) is 0.574. The molecule has 328 valence electrons. The van der Waals surface area contributed by atoms with Crippen molar-refractivity contribution in [2.24, 2.45) is 5.92 Å². The van der Waals surface area contributed by atoms with Crippen LogP contribution in [0.2, 0.25) is 0 Å². The Balaban J connectivity index is 0.696. The van der Waals surface area contributed by atoms with Crippen molar-refractivity contribution in [1.82, 2.24) is 35.3 Å². The van der Waals surface area contributed by atoms with E-state index in [9.17, 15) is 14.4 Å². The average Bonchev–Trinajstić information content (AvgIpc) is 3.68. The molecule has 1 atom stereocenters. The van der Waals surface area contributed by atoms with Crippen molar-refractivity contribution in [3.63, 3.8) is 0 Å². The van der Waals surface area contributed by atoms with Gasteiger partial charge in [-0.3, -0.25) is 29.7 Å². The maximum Gasteiger partial charge on any atom is 0.255 e. The molecule has 0 bridgehead atoms. The SMILES string of the molecule is COc1c(N2CCC(O[C@H]3CC[C@H](CN4CCN(c5cc(-c6n[nH]c7ccc(OC8(C)CC8)cc67)ncn5)CC4(C)C)CC3)CC2)ccc2c1CN(C1CCC(=O)NC1=O)C2=O. The molecule has 4 aromatic rings. The van der Waals surface area contributed by atoms with E-state index in [0.717, 1.165) is 123 Å². The van der Waals surface area contributed by atoms with Gasteiger partial charge in [0.05, 0.1) is 42.8 Å². The summed E-state index contributed by atoms with van der Waals surface area (Å²) in [6, 6.07) is 11.4. The molecule has 2 aliphatic carbocycles. The van der Waals surface area contributed by atoms with E-state index in [0.29, 0.717) is 36.3 Å². The molecule has 2 aromatic heterocycles. The van der Waals surface area contributed by atoms with Crippen molar-refractivity contribution in [3.8, 4) is 22.9 Å². The van der Waals surface area contributed by atoms with Crippen LogP contribution in [0.25, 0.3) is 22.3 Å².